The highest BCUT2D eigenvalue weighted by Gasteiger charge is 2.31. The average molecular weight is 232 g/mol. The molecule has 5 nitrogen and oxygen atoms in total. The number of carboxylic acid groups (broad SMARTS) is 1. The van der Waals surface area contributed by atoms with E-state index in [0.29, 0.717) is 18.7 Å². The fourth-order valence-electron chi connectivity index (χ4n) is 1.91. The first-order valence-corrected chi connectivity index (χ1v) is 5.24. The van der Waals surface area contributed by atoms with Gasteiger partial charge in [0.1, 0.15) is 0 Å². The number of hydrogen-bond donors (Lipinski definition) is 1. The van der Waals surface area contributed by atoms with Crippen LogP contribution in [0.1, 0.15) is 16.9 Å². The van der Waals surface area contributed by atoms with Gasteiger partial charge in [-0.3, -0.25) is 4.79 Å². The van der Waals surface area contributed by atoms with E-state index in [2.05, 4.69) is 11.6 Å². The molecule has 2 rings (SSSR count). The number of nitrogens with zero attached hydrogens (tertiary/aromatic N) is 2. The van der Waals surface area contributed by atoms with Crippen molar-refractivity contribution >= 4 is 17.6 Å². The maximum absolute atomic E-state index is 11.8. The molecule has 1 aliphatic heterocycles. The van der Waals surface area contributed by atoms with E-state index >= 15 is 0 Å². The van der Waals surface area contributed by atoms with Gasteiger partial charge in [-0.2, -0.15) is 0 Å². The van der Waals surface area contributed by atoms with Crippen LogP contribution in [0.25, 0.3) is 0 Å². The molecule has 1 saturated heterocycles. The van der Waals surface area contributed by atoms with Crippen LogP contribution in [0.4, 0.5) is 5.69 Å². The first-order valence-electron chi connectivity index (χ1n) is 5.24. The van der Waals surface area contributed by atoms with E-state index in [-0.39, 0.29) is 17.5 Å². The zero-order valence-electron chi connectivity index (χ0n) is 9.17. The van der Waals surface area contributed by atoms with E-state index in [1.807, 2.05) is 0 Å². The number of aromatic nitrogens is 1. The molecule has 0 bridgehead atoms. The summed E-state index contributed by atoms with van der Waals surface area (Å²) in [6, 6.07) is 3.22. The average Bonchev–Trinajstić information content (AvgIpc) is 2.70. The Morgan fingerprint density at radius 1 is 1.65 bits per heavy atom. The quantitative estimate of drug-likeness (QED) is 0.798. The summed E-state index contributed by atoms with van der Waals surface area (Å²) in [5.74, 6) is -1.15. The zero-order chi connectivity index (χ0) is 12.4. The van der Waals surface area contributed by atoms with Crippen molar-refractivity contribution in [2.75, 3.05) is 11.4 Å². The number of carboxylic acids is 1. The monoisotopic (exact) mass is 232 g/mol. The molecule has 0 aliphatic carbocycles. The highest BCUT2D eigenvalue weighted by molar-refractivity contribution is 6.02. The van der Waals surface area contributed by atoms with Gasteiger partial charge in [-0.25, -0.2) is 9.78 Å². The highest BCUT2D eigenvalue weighted by atomic mass is 16.4. The van der Waals surface area contributed by atoms with Crippen LogP contribution in [-0.2, 0) is 4.79 Å². The molecule has 0 aromatic carbocycles. The Morgan fingerprint density at radius 3 is 3.00 bits per heavy atom. The molecule has 1 N–H and O–H groups in total. The van der Waals surface area contributed by atoms with E-state index in [0.717, 1.165) is 0 Å². The van der Waals surface area contributed by atoms with Crippen LogP contribution in [-0.4, -0.2) is 28.5 Å². The minimum absolute atomic E-state index is 0.0735. The molecule has 5 heteroatoms. The van der Waals surface area contributed by atoms with Gasteiger partial charge in [-0.1, -0.05) is 6.08 Å². The molecular formula is C12H12N2O3. The SMILES string of the molecule is C=CC1CC(=O)N(c2cccnc2C(=O)O)C1. The lowest BCUT2D eigenvalue weighted by Crippen LogP contribution is -2.26. The molecule has 1 unspecified atom stereocenters. The predicted octanol–water partition coefficient (Wildman–Crippen LogP) is 1.32. The molecule has 1 aromatic heterocycles. The molecule has 0 saturated carbocycles. The number of carbonyl (C=O) groups excluding carboxylic acids is 1. The molecule has 1 amide bonds. The Bertz CT molecular complexity index is 484. The van der Waals surface area contributed by atoms with E-state index < -0.39 is 5.97 Å². The summed E-state index contributed by atoms with van der Waals surface area (Å²) in [6.07, 6.45) is 3.49. The van der Waals surface area contributed by atoms with Crippen molar-refractivity contribution < 1.29 is 14.7 Å². The fraction of sp³-hybridized carbons (Fsp3) is 0.250. The number of pyridine rings is 1. The van der Waals surface area contributed by atoms with Crippen molar-refractivity contribution in [3.05, 3.63) is 36.7 Å². The summed E-state index contributed by atoms with van der Waals surface area (Å²) in [5, 5.41) is 9.01. The Kier molecular flexibility index (Phi) is 2.91. The van der Waals surface area contributed by atoms with Crippen molar-refractivity contribution in [2.45, 2.75) is 6.42 Å². The second-order valence-corrected chi connectivity index (χ2v) is 3.88. The van der Waals surface area contributed by atoms with Crippen LogP contribution in [0.15, 0.2) is 31.0 Å². The van der Waals surface area contributed by atoms with Gasteiger partial charge < -0.3 is 10.0 Å². The summed E-state index contributed by atoms with van der Waals surface area (Å²) >= 11 is 0. The van der Waals surface area contributed by atoms with Crippen molar-refractivity contribution in [1.82, 2.24) is 4.98 Å². The van der Waals surface area contributed by atoms with Crippen LogP contribution >= 0.6 is 0 Å². The number of rotatable bonds is 3. The second kappa shape index (κ2) is 4.37. The molecular weight excluding hydrogens is 220 g/mol. The van der Waals surface area contributed by atoms with Crippen molar-refractivity contribution in [2.24, 2.45) is 5.92 Å². The zero-order valence-corrected chi connectivity index (χ0v) is 9.17. The van der Waals surface area contributed by atoms with Gasteiger partial charge in [0.15, 0.2) is 5.69 Å². The number of amides is 1. The molecule has 0 radical (unpaired) electrons. The van der Waals surface area contributed by atoms with Gasteiger partial charge in [0.05, 0.1) is 5.69 Å². The fourth-order valence-corrected chi connectivity index (χ4v) is 1.91. The molecule has 1 aliphatic rings. The molecule has 0 spiro atoms. The Labute approximate surface area is 98.4 Å². The van der Waals surface area contributed by atoms with Crippen LogP contribution < -0.4 is 4.90 Å². The lowest BCUT2D eigenvalue weighted by Gasteiger charge is -2.17. The standard InChI is InChI=1S/C12H12N2O3/c1-2-8-6-10(15)14(7-8)9-4-3-5-13-11(9)12(16)17/h2-5,8H,1,6-7H2,(H,16,17). The largest absolute Gasteiger partial charge is 0.476 e. The molecule has 17 heavy (non-hydrogen) atoms. The van der Waals surface area contributed by atoms with E-state index in [9.17, 15) is 9.59 Å². The maximum atomic E-state index is 11.8. The van der Waals surface area contributed by atoms with Crippen LogP contribution in [0.2, 0.25) is 0 Å². The number of hydrogen-bond acceptors (Lipinski definition) is 3. The summed E-state index contributed by atoms with van der Waals surface area (Å²) in [5.41, 5.74) is 0.264. The van der Waals surface area contributed by atoms with Crippen LogP contribution in [0.3, 0.4) is 0 Å². The van der Waals surface area contributed by atoms with E-state index in [1.54, 1.807) is 18.2 Å². The lowest BCUT2D eigenvalue weighted by molar-refractivity contribution is -0.117. The smallest absolute Gasteiger partial charge is 0.356 e. The maximum Gasteiger partial charge on any atom is 0.356 e. The van der Waals surface area contributed by atoms with Gasteiger partial charge >= 0.3 is 5.97 Å². The predicted molar refractivity (Wildman–Crippen MR) is 61.9 cm³/mol. The van der Waals surface area contributed by atoms with Crippen LogP contribution in [0, 0.1) is 5.92 Å². The minimum Gasteiger partial charge on any atom is -0.476 e. The third-order valence-electron chi connectivity index (χ3n) is 2.77. The third kappa shape index (κ3) is 2.04. The first-order chi connectivity index (χ1) is 8.13. The normalized spacial score (nSPS) is 19.4. The van der Waals surface area contributed by atoms with E-state index in [1.165, 1.54) is 11.1 Å². The highest BCUT2D eigenvalue weighted by Crippen LogP contribution is 2.27. The number of aromatic carboxylic acids is 1. The molecule has 1 fully saturated rings. The first kappa shape index (κ1) is 11.3. The van der Waals surface area contributed by atoms with Gasteiger partial charge in [0.25, 0.3) is 0 Å². The van der Waals surface area contributed by atoms with E-state index in [4.69, 9.17) is 5.11 Å². The Morgan fingerprint density at radius 2 is 2.41 bits per heavy atom. The van der Waals surface area contributed by atoms with Gasteiger partial charge in [0.2, 0.25) is 5.91 Å². The Hall–Kier alpha value is -2.17. The lowest BCUT2D eigenvalue weighted by atomic mass is 10.1. The summed E-state index contributed by atoms with van der Waals surface area (Å²) in [6.45, 7) is 4.12. The van der Waals surface area contributed by atoms with Crippen molar-refractivity contribution in [1.29, 1.82) is 0 Å². The van der Waals surface area contributed by atoms with Gasteiger partial charge in [-0.05, 0) is 12.1 Å². The summed E-state index contributed by atoms with van der Waals surface area (Å²) in [4.78, 5) is 28.0. The molecule has 2 heterocycles. The van der Waals surface area contributed by atoms with Crippen LogP contribution in [0.5, 0.6) is 0 Å². The summed E-state index contributed by atoms with van der Waals surface area (Å²) in [7, 11) is 0. The molecule has 88 valence electrons. The molecule has 1 atom stereocenters. The Balaban J connectivity index is 2.38. The van der Waals surface area contributed by atoms with Gasteiger partial charge in [0, 0.05) is 25.1 Å². The van der Waals surface area contributed by atoms with Crippen molar-refractivity contribution in [3.63, 3.8) is 0 Å². The number of anilines is 1. The number of carbonyl (C=O) groups is 2. The van der Waals surface area contributed by atoms with Crippen molar-refractivity contribution in [3.8, 4) is 0 Å². The summed E-state index contributed by atoms with van der Waals surface area (Å²) < 4.78 is 0. The van der Waals surface area contributed by atoms with Gasteiger partial charge in [-0.15, -0.1) is 6.58 Å². The topological polar surface area (TPSA) is 70.5 Å². The minimum atomic E-state index is -1.13. The third-order valence-corrected chi connectivity index (χ3v) is 2.77. The second-order valence-electron chi connectivity index (χ2n) is 3.88. The molecule has 1 aromatic rings.